The zero-order chi connectivity index (χ0) is 6.97. The minimum atomic E-state index is 0.928. The number of fused-ring (bicyclic) bond motifs is 1. The number of hydrogen-bond acceptors (Lipinski definition) is 1. The Kier molecular flexibility index (Phi) is 1.01. The molecule has 0 aromatic carbocycles. The zero-order valence-electron chi connectivity index (χ0n) is 5.62. The van der Waals surface area contributed by atoms with E-state index in [1.54, 1.807) is 6.20 Å². The second-order valence-electron chi connectivity index (χ2n) is 2.35. The Hall–Kier alpha value is -1.31. The fourth-order valence-electron chi connectivity index (χ4n) is 1.11. The normalized spacial score (nSPS) is 15.4. The van der Waals surface area contributed by atoms with Gasteiger partial charge in [-0.05, 0) is 12.0 Å². The molecule has 0 radical (unpaired) electrons. The molecule has 0 saturated carbocycles. The number of nitrogens with zero attached hydrogens (tertiary/aromatic N) is 2. The third kappa shape index (κ3) is 0.620. The number of allylic oxidation sites excluding steroid dienone is 2. The first-order valence-corrected chi connectivity index (χ1v) is 3.25. The van der Waals surface area contributed by atoms with Crippen LogP contribution in [0, 0.1) is 0 Å². The van der Waals surface area contributed by atoms with E-state index in [-0.39, 0.29) is 0 Å². The Bertz CT molecular complexity index is 294. The lowest BCUT2D eigenvalue weighted by molar-refractivity contribution is 1.05. The zero-order valence-corrected chi connectivity index (χ0v) is 5.62. The molecule has 2 nitrogen and oxygen atoms in total. The average Bonchev–Trinajstić information content (AvgIpc) is 2.36. The van der Waals surface area contributed by atoms with E-state index in [0.29, 0.717) is 0 Å². The van der Waals surface area contributed by atoms with Crippen molar-refractivity contribution in [2.24, 2.45) is 0 Å². The molecule has 0 saturated heterocycles. The lowest BCUT2D eigenvalue weighted by Crippen LogP contribution is -1.97. The van der Waals surface area contributed by atoms with Crippen LogP contribution in [-0.2, 0) is 0 Å². The van der Waals surface area contributed by atoms with Gasteiger partial charge in [0, 0.05) is 18.6 Å². The van der Waals surface area contributed by atoms with E-state index in [1.165, 1.54) is 0 Å². The van der Waals surface area contributed by atoms with Gasteiger partial charge in [0.25, 0.3) is 0 Å². The molecule has 2 heterocycles. The van der Waals surface area contributed by atoms with Crippen molar-refractivity contribution < 1.29 is 0 Å². The van der Waals surface area contributed by atoms with Crippen LogP contribution in [0.2, 0.25) is 0 Å². The molecule has 2 heteroatoms. The van der Waals surface area contributed by atoms with E-state index in [1.807, 2.05) is 17.0 Å². The van der Waals surface area contributed by atoms with Crippen molar-refractivity contribution in [2.75, 3.05) is 0 Å². The highest BCUT2D eigenvalue weighted by atomic mass is 15.0. The molecule has 0 spiro atoms. The SMILES string of the molecule is C=C1CC=Cn2ccnc21. The van der Waals surface area contributed by atoms with Gasteiger partial charge < -0.3 is 4.57 Å². The van der Waals surface area contributed by atoms with Crippen LogP contribution in [0.15, 0.2) is 25.0 Å². The molecule has 0 fully saturated rings. The van der Waals surface area contributed by atoms with E-state index in [9.17, 15) is 0 Å². The van der Waals surface area contributed by atoms with Gasteiger partial charge in [-0.15, -0.1) is 0 Å². The molecule has 0 bridgehead atoms. The van der Waals surface area contributed by atoms with Gasteiger partial charge in [0.15, 0.2) is 0 Å². The van der Waals surface area contributed by atoms with E-state index in [0.717, 1.165) is 17.8 Å². The minimum absolute atomic E-state index is 0.928. The van der Waals surface area contributed by atoms with Gasteiger partial charge in [0.2, 0.25) is 0 Å². The van der Waals surface area contributed by atoms with Crippen LogP contribution in [-0.4, -0.2) is 9.55 Å². The molecule has 1 aromatic rings. The summed E-state index contributed by atoms with van der Waals surface area (Å²) in [6, 6.07) is 0. The summed E-state index contributed by atoms with van der Waals surface area (Å²) in [5, 5.41) is 0. The first-order valence-electron chi connectivity index (χ1n) is 3.25. The summed E-state index contributed by atoms with van der Waals surface area (Å²) in [7, 11) is 0. The summed E-state index contributed by atoms with van der Waals surface area (Å²) in [6.45, 7) is 3.89. The molecule has 0 atom stereocenters. The van der Waals surface area contributed by atoms with Crippen LogP contribution in [0.5, 0.6) is 0 Å². The molecule has 1 aliphatic rings. The van der Waals surface area contributed by atoms with Crippen LogP contribution >= 0.6 is 0 Å². The van der Waals surface area contributed by atoms with Crippen molar-refractivity contribution in [3.8, 4) is 0 Å². The van der Waals surface area contributed by atoms with Gasteiger partial charge in [-0.1, -0.05) is 12.7 Å². The Morgan fingerprint density at radius 1 is 1.60 bits per heavy atom. The predicted molar refractivity (Wildman–Crippen MR) is 41.2 cm³/mol. The second kappa shape index (κ2) is 1.84. The monoisotopic (exact) mass is 132 g/mol. The minimum Gasteiger partial charge on any atom is -0.307 e. The fourth-order valence-corrected chi connectivity index (χ4v) is 1.11. The lowest BCUT2D eigenvalue weighted by Gasteiger charge is -2.08. The summed E-state index contributed by atoms with van der Waals surface area (Å²) in [4.78, 5) is 4.15. The standard InChI is InChI=1S/C8H8N2/c1-7-3-2-5-10-6-4-9-8(7)10/h2,4-6H,1,3H2. The van der Waals surface area contributed by atoms with E-state index in [2.05, 4.69) is 17.6 Å². The summed E-state index contributed by atoms with van der Waals surface area (Å²) in [6.07, 6.45) is 8.73. The van der Waals surface area contributed by atoms with Crippen molar-refractivity contribution in [3.63, 3.8) is 0 Å². The largest absolute Gasteiger partial charge is 0.307 e. The van der Waals surface area contributed by atoms with Crippen LogP contribution in [0.3, 0.4) is 0 Å². The highest BCUT2D eigenvalue weighted by molar-refractivity contribution is 5.64. The van der Waals surface area contributed by atoms with E-state index < -0.39 is 0 Å². The molecule has 0 unspecified atom stereocenters. The second-order valence-corrected chi connectivity index (χ2v) is 2.35. The van der Waals surface area contributed by atoms with Gasteiger partial charge in [-0.25, -0.2) is 4.98 Å². The Labute approximate surface area is 59.5 Å². The van der Waals surface area contributed by atoms with Crippen molar-refractivity contribution in [2.45, 2.75) is 6.42 Å². The summed E-state index contributed by atoms with van der Waals surface area (Å²) in [5.74, 6) is 0.988. The Balaban J connectivity index is 2.62. The molecule has 2 rings (SSSR count). The van der Waals surface area contributed by atoms with Gasteiger partial charge in [0.1, 0.15) is 5.82 Å². The third-order valence-corrected chi connectivity index (χ3v) is 1.62. The first-order chi connectivity index (χ1) is 4.88. The smallest absolute Gasteiger partial charge is 0.139 e. The first kappa shape index (κ1) is 5.47. The predicted octanol–water partition coefficient (Wildman–Crippen LogP) is 1.77. The Morgan fingerprint density at radius 2 is 2.50 bits per heavy atom. The molecule has 1 aromatic heterocycles. The molecule has 0 amide bonds. The van der Waals surface area contributed by atoms with Crippen LogP contribution < -0.4 is 0 Å². The van der Waals surface area contributed by atoms with Gasteiger partial charge >= 0.3 is 0 Å². The molecule has 50 valence electrons. The molecule has 1 aliphatic heterocycles. The number of aromatic nitrogens is 2. The van der Waals surface area contributed by atoms with Crippen molar-refractivity contribution >= 4 is 11.8 Å². The number of hydrogen-bond donors (Lipinski definition) is 0. The van der Waals surface area contributed by atoms with Crippen LogP contribution in [0.1, 0.15) is 12.2 Å². The molecular formula is C8H8N2. The van der Waals surface area contributed by atoms with Gasteiger partial charge in [-0.3, -0.25) is 0 Å². The third-order valence-electron chi connectivity index (χ3n) is 1.62. The van der Waals surface area contributed by atoms with E-state index >= 15 is 0 Å². The fraction of sp³-hybridized carbons (Fsp3) is 0.125. The highest BCUT2D eigenvalue weighted by Crippen LogP contribution is 2.19. The Morgan fingerprint density at radius 3 is 3.30 bits per heavy atom. The quantitative estimate of drug-likeness (QED) is 0.526. The maximum atomic E-state index is 4.15. The van der Waals surface area contributed by atoms with Gasteiger partial charge in [-0.2, -0.15) is 0 Å². The van der Waals surface area contributed by atoms with Crippen LogP contribution in [0.4, 0.5) is 0 Å². The lowest BCUT2D eigenvalue weighted by atomic mass is 10.2. The molecular weight excluding hydrogens is 124 g/mol. The summed E-state index contributed by atoms with van der Waals surface area (Å²) in [5.41, 5.74) is 1.09. The van der Waals surface area contributed by atoms with Crippen molar-refractivity contribution in [3.05, 3.63) is 30.9 Å². The van der Waals surface area contributed by atoms with Gasteiger partial charge in [0.05, 0.1) is 0 Å². The number of rotatable bonds is 0. The molecule has 0 aliphatic carbocycles. The number of imidazole rings is 1. The topological polar surface area (TPSA) is 17.8 Å². The summed E-state index contributed by atoms with van der Waals surface area (Å²) < 4.78 is 1.98. The van der Waals surface area contributed by atoms with E-state index in [4.69, 9.17) is 0 Å². The average molecular weight is 132 g/mol. The van der Waals surface area contributed by atoms with Crippen molar-refractivity contribution in [1.29, 1.82) is 0 Å². The van der Waals surface area contributed by atoms with Crippen molar-refractivity contribution in [1.82, 2.24) is 9.55 Å². The maximum Gasteiger partial charge on any atom is 0.139 e. The molecule has 0 N–H and O–H groups in total. The maximum absolute atomic E-state index is 4.15. The van der Waals surface area contributed by atoms with Crippen LogP contribution in [0.25, 0.3) is 11.8 Å². The highest BCUT2D eigenvalue weighted by Gasteiger charge is 2.06. The summed E-state index contributed by atoms with van der Waals surface area (Å²) >= 11 is 0. The molecule has 10 heavy (non-hydrogen) atoms.